The van der Waals surface area contributed by atoms with Crippen molar-refractivity contribution >= 4 is 10.1 Å². The zero-order valence-electron chi connectivity index (χ0n) is 9.44. The summed E-state index contributed by atoms with van der Waals surface area (Å²) in [6.07, 6.45) is -0.556. The Kier molecular flexibility index (Phi) is 4.35. The van der Waals surface area contributed by atoms with Crippen LogP contribution in [0.1, 0.15) is 6.42 Å². The van der Waals surface area contributed by atoms with Crippen LogP contribution in [0, 0.1) is 0 Å². The van der Waals surface area contributed by atoms with Crippen molar-refractivity contribution in [2.24, 2.45) is 5.11 Å². The molecule has 17 heavy (non-hydrogen) atoms. The summed E-state index contributed by atoms with van der Waals surface area (Å²) >= 11 is 0. The molecule has 0 aliphatic carbocycles. The number of rotatable bonds is 4. The molecule has 96 valence electrons. The molecule has 0 aromatic carbocycles. The first kappa shape index (κ1) is 13.8. The molecule has 1 aliphatic rings. The third-order valence-corrected chi connectivity index (χ3v) is 2.68. The largest absolute Gasteiger partial charge is 0.467 e. The SMILES string of the molecule is C=C1O[C@@H](OC)C[C@H](N=[N+]=[N-])[C@@H]1OS(C)(=O)=O. The molecule has 1 fully saturated rings. The third-order valence-electron chi connectivity index (χ3n) is 2.12. The molecule has 0 unspecified atom stereocenters. The van der Waals surface area contributed by atoms with Gasteiger partial charge in [0.15, 0.2) is 6.29 Å². The molecule has 0 bridgehead atoms. The maximum Gasteiger partial charge on any atom is 0.265 e. The van der Waals surface area contributed by atoms with Crippen molar-refractivity contribution in [1.82, 2.24) is 0 Å². The lowest BCUT2D eigenvalue weighted by molar-refractivity contribution is -0.138. The standard InChI is InChI=1S/C8H13N3O5S/c1-5-8(16-17(3,12)13)6(10-11-9)4-7(14-2)15-5/h6-8H,1,4H2,2-3H3/t6-,7+,8+/m0/s1. The number of nitrogens with zero attached hydrogens (tertiary/aromatic N) is 3. The van der Waals surface area contributed by atoms with E-state index in [1.165, 1.54) is 7.11 Å². The lowest BCUT2D eigenvalue weighted by atomic mass is 10.0. The molecule has 1 rings (SSSR count). The predicted octanol–water partition coefficient (Wildman–Crippen LogP) is 0.917. The molecule has 0 radical (unpaired) electrons. The molecule has 0 aromatic rings. The highest BCUT2D eigenvalue weighted by Gasteiger charge is 2.37. The van der Waals surface area contributed by atoms with Gasteiger partial charge in [0.2, 0.25) is 0 Å². The van der Waals surface area contributed by atoms with E-state index in [2.05, 4.69) is 16.6 Å². The average Bonchev–Trinajstić information content (AvgIpc) is 2.21. The van der Waals surface area contributed by atoms with Crippen LogP contribution in [0.5, 0.6) is 0 Å². The molecule has 1 heterocycles. The molecule has 0 saturated carbocycles. The topological polar surface area (TPSA) is 111 Å². The highest BCUT2D eigenvalue weighted by atomic mass is 32.2. The summed E-state index contributed by atoms with van der Waals surface area (Å²) in [4.78, 5) is 2.64. The van der Waals surface area contributed by atoms with Gasteiger partial charge < -0.3 is 9.47 Å². The van der Waals surface area contributed by atoms with Gasteiger partial charge in [-0.3, -0.25) is 4.18 Å². The Bertz CT molecular complexity index is 442. The van der Waals surface area contributed by atoms with Gasteiger partial charge in [-0.15, -0.1) is 0 Å². The van der Waals surface area contributed by atoms with Crippen LogP contribution in [0.3, 0.4) is 0 Å². The number of methoxy groups -OCH3 is 1. The van der Waals surface area contributed by atoms with Gasteiger partial charge in [-0.1, -0.05) is 11.7 Å². The van der Waals surface area contributed by atoms with Crippen LogP contribution in [0.25, 0.3) is 10.4 Å². The Morgan fingerprint density at radius 1 is 1.65 bits per heavy atom. The first-order valence-electron chi connectivity index (χ1n) is 4.68. The lowest BCUT2D eigenvalue weighted by Gasteiger charge is -2.33. The first-order valence-corrected chi connectivity index (χ1v) is 6.49. The van der Waals surface area contributed by atoms with Gasteiger partial charge >= 0.3 is 0 Å². The van der Waals surface area contributed by atoms with E-state index >= 15 is 0 Å². The molecule has 0 spiro atoms. The van der Waals surface area contributed by atoms with Gasteiger partial charge in [-0.05, 0) is 5.53 Å². The van der Waals surface area contributed by atoms with Gasteiger partial charge in [-0.25, -0.2) is 0 Å². The highest BCUT2D eigenvalue weighted by molar-refractivity contribution is 7.86. The van der Waals surface area contributed by atoms with Crippen LogP contribution < -0.4 is 0 Å². The fourth-order valence-electron chi connectivity index (χ4n) is 1.44. The second-order valence-corrected chi connectivity index (χ2v) is 5.08. The van der Waals surface area contributed by atoms with Crippen molar-refractivity contribution in [3.8, 4) is 0 Å². The summed E-state index contributed by atoms with van der Waals surface area (Å²) in [6.45, 7) is 3.54. The zero-order valence-corrected chi connectivity index (χ0v) is 10.3. The van der Waals surface area contributed by atoms with E-state index in [0.717, 1.165) is 6.26 Å². The fourth-order valence-corrected chi connectivity index (χ4v) is 2.06. The first-order chi connectivity index (χ1) is 7.87. The van der Waals surface area contributed by atoms with E-state index in [9.17, 15) is 8.42 Å². The average molecular weight is 263 g/mol. The molecular formula is C8H13N3O5S. The summed E-state index contributed by atoms with van der Waals surface area (Å²) in [5.74, 6) is 0.0610. The Hall–Kier alpha value is -1.28. The summed E-state index contributed by atoms with van der Waals surface area (Å²) in [7, 11) is -2.28. The summed E-state index contributed by atoms with van der Waals surface area (Å²) in [5.41, 5.74) is 8.42. The molecule has 0 amide bonds. The Morgan fingerprint density at radius 2 is 2.29 bits per heavy atom. The van der Waals surface area contributed by atoms with Crippen LogP contribution in [0.2, 0.25) is 0 Å². The second kappa shape index (κ2) is 5.37. The number of hydrogen-bond donors (Lipinski definition) is 0. The zero-order chi connectivity index (χ0) is 13.1. The van der Waals surface area contributed by atoms with Gasteiger partial charge in [0, 0.05) is 18.4 Å². The van der Waals surface area contributed by atoms with Crippen molar-refractivity contribution in [2.75, 3.05) is 13.4 Å². The van der Waals surface area contributed by atoms with Gasteiger partial charge in [0.05, 0.1) is 12.3 Å². The van der Waals surface area contributed by atoms with Crippen LogP contribution in [-0.4, -0.2) is 40.2 Å². The summed E-state index contributed by atoms with van der Waals surface area (Å²) in [6, 6.07) is -0.735. The van der Waals surface area contributed by atoms with Crippen LogP contribution in [-0.2, 0) is 23.8 Å². The van der Waals surface area contributed by atoms with E-state index in [1.807, 2.05) is 0 Å². The van der Waals surface area contributed by atoms with E-state index in [0.29, 0.717) is 0 Å². The molecule has 9 heteroatoms. The normalized spacial score (nSPS) is 29.3. The minimum absolute atomic E-state index is 0.0610. The summed E-state index contributed by atoms with van der Waals surface area (Å²) < 4.78 is 37.0. The van der Waals surface area contributed by atoms with Gasteiger partial charge in [0.25, 0.3) is 10.1 Å². The van der Waals surface area contributed by atoms with E-state index < -0.39 is 28.6 Å². The van der Waals surface area contributed by atoms with Crippen LogP contribution in [0.15, 0.2) is 17.5 Å². The smallest absolute Gasteiger partial charge is 0.265 e. The maximum atomic E-state index is 11.1. The Labute approximate surface area is 98.9 Å². The monoisotopic (exact) mass is 263 g/mol. The molecule has 0 N–H and O–H groups in total. The molecule has 1 aliphatic heterocycles. The van der Waals surface area contributed by atoms with Crippen LogP contribution >= 0.6 is 0 Å². The predicted molar refractivity (Wildman–Crippen MR) is 58.3 cm³/mol. The lowest BCUT2D eigenvalue weighted by Crippen LogP contribution is -2.41. The summed E-state index contributed by atoms with van der Waals surface area (Å²) in [5, 5.41) is 3.47. The minimum Gasteiger partial charge on any atom is -0.467 e. The highest BCUT2D eigenvalue weighted by Crippen LogP contribution is 2.28. The van der Waals surface area contributed by atoms with Crippen molar-refractivity contribution < 1.29 is 22.1 Å². The minimum atomic E-state index is -3.70. The van der Waals surface area contributed by atoms with Crippen LogP contribution in [0.4, 0.5) is 0 Å². The molecule has 8 nitrogen and oxygen atoms in total. The second-order valence-electron chi connectivity index (χ2n) is 3.48. The fraction of sp³-hybridized carbons (Fsp3) is 0.750. The van der Waals surface area contributed by atoms with Gasteiger partial charge in [0.1, 0.15) is 11.9 Å². The Balaban J connectivity index is 2.92. The maximum absolute atomic E-state index is 11.1. The quantitative estimate of drug-likeness (QED) is 0.324. The van der Waals surface area contributed by atoms with Crippen molar-refractivity contribution in [2.45, 2.75) is 24.9 Å². The molecule has 3 atom stereocenters. The molecule has 0 aromatic heterocycles. The van der Waals surface area contributed by atoms with E-state index in [1.54, 1.807) is 0 Å². The van der Waals surface area contributed by atoms with Crippen molar-refractivity contribution in [3.05, 3.63) is 22.8 Å². The molecule has 1 saturated heterocycles. The van der Waals surface area contributed by atoms with E-state index in [-0.39, 0.29) is 12.2 Å². The van der Waals surface area contributed by atoms with E-state index in [4.69, 9.17) is 19.2 Å². The number of ether oxygens (including phenoxy) is 2. The van der Waals surface area contributed by atoms with Crippen molar-refractivity contribution in [3.63, 3.8) is 0 Å². The third kappa shape index (κ3) is 3.90. The van der Waals surface area contributed by atoms with Gasteiger partial charge in [-0.2, -0.15) is 8.42 Å². The number of azide groups is 1. The van der Waals surface area contributed by atoms with Crippen molar-refractivity contribution in [1.29, 1.82) is 0 Å². The Morgan fingerprint density at radius 3 is 2.76 bits per heavy atom. The number of hydrogen-bond acceptors (Lipinski definition) is 6. The molecular weight excluding hydrogens is 250 g/mol.